The third-order valence-corrected chi connectivity index (χ3v) is 4.78. The number of pyridine rings is 1. The van der Waals surface area contributed by atoms with Crippen LogP contribution in [0.1, 0.15) is 19.3 Å². The lowest BCUT2D eigenvalue weighted by atomic mass is 9.78. The van der Waals surface area contributed by atoms with Gasteiger partial charge in [-0.3, -0.25) is 4.79 Å². The fourth-order valence-electron chi connectivity index (χ4n) is 3.51. The van der Waals surface area contributed by atoms with Gasteiger partial charge in [0.05, 0.1) is 23.5 Å². The highest BCUT2D eigenvalue weighted by molar-refractivity contribution is 6.00. The Kier molecular flexibility index (Phi) is 2.57. The molecule has 0 atom stereocenters. The number of imidazole rings is 1. The monoisotopic (exact) mass is 270 g/mol. The third-order valence-electron chi connectivity index (χ3n) is 4.78. The van der Waals surface area contributed by atoms with Gasteiger partial charge in [0, 0.05) is 18.4 Å². The Bertz CT molecular complexity index is 657. The molecule has 0 bridgehead atoms. The maximum Gasteiger partial charge on any atom is 0.233 e. The number of hydrogen-bond donors (Lipinski definition) is 1. The van der Waals surface area contributed by atoms with Gasteiger partial charge in [-0.2, -0.15) is 0 Å². The average Bonchev–Trinajstić information content (AvgIpc) is 3.06. The molecule has 0 aliphatic carbocycles. The quantitative estimate of drug-likeness (QED) is 0.853. The lowest BCUT2D eigenvalue weighted by Crippen LogP contribution is -2.42. The molecule has 2 saturated heterocycles. The predicted octanol–water partition coefficient (Wildman–Crippen LogP) is 1.44. The minimum atomic E-state index is -0.113. The van der Waals surface area contributed by atoms with Crippen molar-refractivity contribution in [1.82, 2.24) is 14.7 Å². The van der Waals surface area contributed by atoms with Crippen LogP contribution in [-0.4, -0.2) is 34.9 Å². The maximum atomic E-state index is 12.8. The summed E-state index contributed by atoms with van der Waals surface area (Å²) in [5.41, 5.74) is 1.91. The predicted molar refractivity (Wildman–Crippen MR) is 76.7 cm³/mol. The van der Waals surface area contributed by atoms with E-state index in [1.165, 1.54) is 0 Å². The summed E-state index contributed by atoms with van der Waals surface area (Å²) in [4.78, 5) is 18.9. The highest BCUT2D eigenvalue weighted by Crippen LogP contribution is 2.41. The number of anilines is 1. The van der Waals surface area contributed by atoms with Gasteiger partial charge in [-0.25, -0.2) is 4.98 Å². The number of piperidine rings is 1. The summed E-state index contributed by atoms with van der Waals surface area (Å²) in [7, 11) is 0. The summed E-state index contributed by atoms with van der Waals surface area (Å²) in [5.74, 6) is 0.308. The van der Waals surface area contributed by atoms with Gasteiger partial charge in [0.1, 0.15) is 0 Å². The molecule has 5 nitrogen and oxygen atoms in total. The minimum Gasteiger partial charge on any atom is -0.317 e. The summed E-state index contributed by atoms with van der Waals surface area (Å²) < 4.78 is 1.96. The smallest absolute Gasteiger partial charge is 0.233 e. The second kappa shape index (κ2) is 4.31. The molecular weight excluding hydrogens is 252 g/mol. The molecule has 1 N–H and O–H groups in total. The Morgan fingerprint density at radius 1 is 1.25 bits per heavy atom. The number of nitrogens with one attached hydrogen (secondary N) is 1. The van der Waals surface area contributed by atoms with Gasteiger partial charge in [-0.05, 0) is 44.5 Å². The Morgan fingerprint density at radius 2 is 2.10 bits per heavy atom. The molecule has 5 heteroatoms. The van der Waals surface area contributed by atoms with Crippen molar-refractivity contribution in [2.75, 3.05) is 24.5 Å². The van der Waals surface area contributed by atoms with Crippen molar-refractivity contribution in [2.24, 2.45) is 5.41 Å². The van der Waals surface area contributed by atoms with Crippen LogP contribution in [0.3, 0.4) is 0 Å². The van der Waals surface area contributed by atoms with Crippen LogP contribution in [0.25, 0.3) is 5.52 Å². The summed E-state index contributed by atoms with van der Waals surface area (Å²) >= 11 is 0. The molecule has 0 aromatic carbocycles. The van der Waals surface area contributed by atoms with Gasteiger partial charge < -0.3 is 14.6 Å². The Labute approximate surface area is 117 Å². The third kappa shape index (κ3) is 1.66. The molecule has 2 aliphatic heterocycles. The number of nitrogens with zero attached hydrogens (tertiary/aromatic N) is 3. The Balaban J connectivity index is 1.67. The van der Waals surface area contributed by atoms with E-state index in [1.54, 1.807) is 6.33 Å². The summed E-state index contributed by atoms with van der Waals surface area (Å²) in [6.45, 7) is 2.76. The van der Waals surface area contributed by atoms with Crippen LogP contribution >= 0.6 is 0 Å². The first-order chi connectivity index (χ1) is 9.78. The molecular formula is C15H18N4O. The first-order valence-corrected chi connectivity index (χ1v) is 7.23. The molecule has 1 amide bonds. The zero-order valence-electron chi connectivity index (χ0n) is 11.4. The van der Waals surface area contributed by atoms with Crippen LogP contribution in [-0.2, 0) is 4.79 Å². The molecule has 2 aliphatic rings. The van der Waals surface area contributed by atoms with E-state index in [0.29, 0.717) is 5.91 Å². The number of aromatic nitrogens is 2. The number of rotatable bonds is 1. The van der Waals surface area contributed by atoms with Gasteiger partial charge in [-0.15, -0.1) is 0 Å². The molecule has 0 saturated carbocycles. The van der Waals surface area contributed by atoms with Crippen molar-refractivity contribution in [2.45, 2.75) is 19.3 Å². The molecule has 104 valence electrons. The normalized spacial score (nSPS) is 22.0. The number of carbonyl (C=O) groups excluding carboxylic acids is 1. The van der Waals surface area contributed by atoms with Crippen molar-refractivity contribution in [1.29, 1.82) is 0 Å². The lowest BCUT2D eigenvalue weighted by molar-refractivity contribution is -0.126. The average molecular weight is 270 g/mol. The van der Waals surface area contributed by atoms with Gasteiger partial charge in [0.15, 0.2) is 0 Å². The van der Waals surface area contributed by atoms with E-state index in [2.05, 4.69) is 10.3 Å². The van der Waals surface area contributed by atoms with E-state index in [0.717, 1.165) is 50.1 Å². The van der Waals surface area contributed by atoms with Crippen LogP contribution in [0.15, 0.2) is 30.9 Å². The zero-order valence-corrected chi connectivity index (χ0v) is 11.4. The van der Waals surface area contributed by atoms with Crippen molar-refractivity contribution in [3.05, 3.63) is 30.9 Å². The molecule has 4 rings (SSSR count). The first kappa shape index (κ1) is 11.9. The molecule has 2 aromatic heterocycles. The molecule has 0 unspecified atom stereocenters. The molecule has 2 aromatic rings. The fourth-order valence-corrected chi connectivity index (χ4v) is 3.51. The van der Waals surface area contributed by atoms with Gasteiger partial charge in [0.25, 0.3) is 0 Å². The molecule has 1 spiro atoms. The van der Waals surface area contributed by atoms with Gasteiger partial charge >= 0.3 is 0 Å². The summed E-state index contributed by atoms with van der Waals surface area (Å²) in [6.07, 6.45) is 8.49. The van der Waals surface area contributed by atoms with E-state index >= 15 is 0 Å². The highest BCUT2D eigenvalue weighted by Gasteiger charge is 2.47. The maximum absolute atomic E-state index is 12.8. The van der Waals surface area contributed by atoms with E-state index in [9.17, 15) is 4.79 Å². The lowest BCUT2D eigenvalue weighted by Gasteiger charge is -2.32. The number of amides is 1. The largest absolute Gasteiger partial charge is 0.317 e. The van der Waals surface area contributed by atoms with Crippen molar-refractivity contribution in [3.63, 3.8) is 0 Å². The van der Waals surface area contributed by atoms with Crippen molar-refractivity contribution >= 4 is 17.1 Å². The Hall–Kier alpha value is -1.88. The second-order valence-electron chi connectivity index (χ2n) is 5.85. The minimum absolute atomic E-state index is 0.113. The van der Waals surface area contributed by atoms with E-state index in [1.807, 2.05) is 33.8 Å². The molecule has 4 heterocycles. The standard InChI is InChI=1S/C15H18N4O/c20-14-15(2-5-16-6-3-15)4-8-19(14)12-1-7-18-11-17-10-13(18)9-12/h1,7,9-11,16H,2-6,8H2. The highest BCUT2D eigenvalue weighted by atomic mass is 16.2. The molecule has 2 fully saturated rings. The van der Waals surface area contributed by atoms with Gasteiger partial charge in [-0.1, -0.05) is 0 Å². The fraction of sp³-hybridized carbons (Fsp3) is 0.467. The van der Waals surface area contributed by atoms with Crippen LogP contribution in [0.2, 0.25) is 0 Å². The van der Waals surface area contributed by atoms with E-state index in [-0.39, 0.29) is 5.41 Å². The second-order valence-corrected chi connectivity index (χ2v) is 5.85. The van der Waals surface area contributed by atoms with Crippen molar-refractivity contribution < 1.29 is 4.79 Å². The van der Waals surface area contributed by atoms with Gasteiger partial charge in [0.2, 0.25) is 5.91 Å². The Morgan fingerprint density at radius 3 is 2.95 bits per heavy atom. The summed E-state index contributed by atoms with van der Waals surface area (Å²) in [5, 5.41) is 3.35. The molecule has 0 radical (unpaired) electrons. The topological polar surface area (TPSA) is 49.6 Å². The summed E-state index contributed by atoms with van der Waals surface area (Å²) in [6, 6.07) is 4.05. The van der Waals surface area contributed by atoms with Crippen LogP contribution in [0, 0.1) is 5.41 Å². The SMILES string of the molecule is O=C1N(c2ccn3cncc3c2)CCC12CCNCC2. The number of hydrogen-bond acceptors (Lipinski definition) is 3. The van der Waals surface area contributed by atoms with Crippen molar-refractivity contribution in [3.8, 4) is 0 Å². The molecule has 20 heavy (non-hydrogen) atoms. The van der Waals surface area contributed by atoms with Crippen LogP contribution < -0.4 is 10.2 Å². The zero-order chi connectivity index (χ0) is 13.6. The van der Waals surface area contributed by atoms with Crippen LogP contribution in [0.5, 0.6) is 0 Å². The van der Waals surface area contributed by atoms with Crippen LogP contribution in [0.4, 0.5) is 5.69 Å². The first-order valence-electron chi connectivity index (χ1n) is 7.23. The number of carbonyl (C=O) groups is 1. The van der Waals surface area contributed by atoms with E-state index < -0.39 is 0 Å². The number of fused-ring (bicyclic) bond motifs is 1. The van der Waals surface area contributed by atoms with E-state index in [4.69, 9.17) is 0 Å².